The first-order chi connectivity index (χ1) is 14.5. The number of para-hydroxylation sites is 1. The summed E-state index contributed by atoms with van der Waals surface area (Å²) in [5.74, 6) is 0.442. The zero-order valence-corrected chi connectivity index (χ0v) is 17.7. The Bertz CT molecular complexity index is 1060. The van der Waals surface area contributed by atoms with Crippen LogP contribution in [0, 0.1) is 6.92 Å². The number of nitrogens with zero attached hydrogens (tertiary/aromatic N) is 1. The lowest BCUT2D eigenvalue weighted by molar-refractivity contribution is -0.134. The predicted octanol–water partition coefficient (Wildman–Crippen LogP) is 3.70. The van der Waals surface area contributed by atoms with E-state index >= 15 is 0 Å². The molecule has 1 heterocycles. The quantitative estimate of drug-likeness (QED) is 0.573. The molecule has 0 atom stereocenters. The van der Waals surface area contributed by atoms with Crippen LogP contribution in [0.2, 0.25) is 0 Å². The number of methoxy groups -OCH3 is 2. The van der Waals surface area contributed by atoms with Gasteiger partial charge in [0.1, 0.15) is 0 Å². The van der Waals surface area contributed by atoms with Crippen LogP contribution in [-0.2, 0) is 16.1 Å². The van der Waals surface area contributed by atoms with E-state index in [1.807, 2.05) is 50.2 Å². The molecule has 0 aliphatic rings. The van der Waals surface area contributed by atoms with Gasteiger partial charge in [-0.05, 0) is 37.6 Å². The number of H-pyrrole nitrogens is 1. The van der Waals surface area contributed by atoms with E-state index in [0.29, 0.717) is 35.8 Å². The Morgan fingerprint density at radius 2 is 1.77 bits per heavy atom. The van der Waals surface area contributed by atoms with E-state index in [1.54, 1.807) is 25.2 Å². The third-order valence-corrected chi connectivity index (χ3v) is 4.98. The number of likely N-dealkylation sites (N-methyl/N-ethyl adjacent to an activating group) is 1. The highest BCUT2D eigenvalue weighted by atomic mass is 16.5. The van der Waals surface area contributed by atoms with Crippen LogP contribution in [0.3, 0.4) is 0 Å². The third-order valence-electron chi connectivity index (χ3n) is 4.98. The number of fused-ring (bicyclic) bond motifs is 1. The SMILES string of the molecule is CCN(Cc1ccc(OC)c(OC)c1)C(=O)COC(=O)c1c(C)[nH]c2ccccc12. The number of aromatic amines is 1. The molecule has 0 spiro atoms. The van der Waals surface area contributed by atoms with Crippen molar-refractivity contribution in [3.05, 3.63) is 59.3 Å². The molecule has 158 valence electrons. The molecule has 3 rings (SSSR count). The molecule has 30 heavy (non-hydrogen) atoms. The first kappa shape index (κ1) is 21.2. The summed E-state index contributed by atoms with van der Waals surface area (Å²) in [6.07, 6.45) is 0. The number of esters is 1. The van der Waals surface area contributed by atoms with E-state index in [1.165, 1.54) is 0 Å². The molecule has 0 saturated carbocycles. The predicted molar refractivity (Wildman–Crippen MR) is 114 cm³/mol. The summed E-state index contributed by atoms with van der Waals surface area (Å²) in [6.45, 7) is 4.23. The van der Waals surface area contributed by atoms with Crippen molar-refractivity contribution in [2.45, 2.75) is 20.4 Å². The number of amides is 1. The second-order valence-corrected chi connectivity index (χ2v) is 6.84. The first-order valence-corrected chi connectivity index (χ1v) is 9.71. The standard InChI is InChI=1S/C23H26N2O5/c1-5-25(13-16-10-11-19(28-3)20(12-16)29-4)21(26)14-30-23(27)22-15(2)24-18-9-7-6-8-17(18)22/h6-12,24H,5,13-14H2,1-4H3. The number of benzene rings is 2. The molecular weight excluding hydrogens is 384 g/mol. The van der Waals surface area contributed by atoms with Crippen molar-refractivity contribution in [1.29, 1.82) is 0 Å². The lowest BCUT2D eigenvalue weighted by atomic mass is 10.1. The average Bonchev–Trinajstić information content (AvgIpc) is 3.11. The number of ether oxygens (including phenoxy) is 3. The minimum atomic E-state index is -0.513. The molecular formula is C23H26N2O5. The van der Waals surface area contributed by atoms with E-state index in [2.05, 4.69) is 4.98 Å². The number of carbonyl (C=O) groups excluding carboxylic acids is 2. The Labute approximate surface area is 175 Å². The van der Waals surface area contributed by atoms with E-state index in [4.69, 9.17) is 14.2 Å². The average molecular weight is 410 g/mol. The number of aromatic nitrogens is 1. The second-order valence-electron chi connectivity index (χ2n) is 6.84. The van der Waals surface area contributed by atoms with E-state index in [-0.39, 0.29) is 12.5 Å². The van der Waals surface area contributed by atoms with Gasteiger partial charge >= 0.3 is 5.97 Å². The maximum absolute atomic E-state index is 12.7. The van der Waals surface area contributed by atoms with Crippen molar-refractivity contribution in [1.82, 2.24) is 9.88 Å². The number of nitrogens with one attached hydrogen (secondary N) is 1. The van der Waals surface area contributed by atoms with Gasteiger partial charge < -0.3 is 24.1 Å². The lowest BCUT2D eigenvalue weighted by Crippen LogP contribution is -2.34. The molecule has 2 aromatic carbocycles. The fraction of sp³-hybridized carbons (Fsp3) is 0.304. The maximum Gasteiger partial charge on any atom is 0.341 e. The number of hydrogen-bond acceptors (Lipinski definition) is 5. The second kappa shape index (κ2) is 9.35. The van der Waals surface area contributed by atoms with E-state index in [9.17, 15) is 9.59 Å². The van der Waals surface area contributed by atoms with Gasteiger partial charge in [-0.1, -0.05) is 24.3 Å². The Balaban J connectivity index is 1.67. The molecule has 0 radical (unpaired) electrons. The monoisotopic (exact) mass is 410 g/mol. The van der Waals surface area contributed by atoms with E-state index < -0.39 is 5.97 Å². The Hall–Kier alpha value is -3.48. The van der Waals surface area contributed by atoms with Crippen LogP contribution >= 0.6 is 0 Å². The highest BCUT2D eigenvalue weighted by Gasteiger charge is 2.20. The van der Waals surface area contributed by atoms with Gasteiger partial charge in [0, 0.05) is 29.7 Å². The minimum absolute atomic E-state index is 0.266. The fourth-order valence-corrected chi connectivity index (χ4v) is 3.41. The number of rotatable bonds is 8. The molecule has 0 bridgehead atoms. The Kier molecular flexibility index (Phi) is 6.61. The van der Waals surface area contributed by atoms with Crippen molar-refractivity contribution in [2.24, 2.45) is 0 Å². The summed E-state index contributed by atoms with van der Waals surface area (Å²) in [6, 6.07) is 13.0. The highest BCUT2D eigenvalue weighted by Crippen LogP contribution is 2.28. The van der Waals surface area contributed by atoms with Crippen molar-refractivity contribution in [2.75, 3.05) is 27.4 Å². The normalized spacial score (nSPS) is 10.7. The smallest absolute Gasteiger partial charge is 0.341 e. The minimum Gasteiger partial charge on any atom is -0.493 e. The van der Waals surface area contributed by atoms with Crippen molar-refractivity contribution >= 4 is 22.8 Å². The van der Waals surface area contributed by atoms with Gasteiger partial charge in [0.15, 0.2) is 18.1 Å². The molecule has 0 unspecified atom stereocenters. The Morgan fingerprint density at radius 1 is 1.03 bits per heavy atom. The van der Waals surface area contributed by atoms with Crippen LogP contribution in [0.15, 0.2) is 42.5 Å². The molecule has 3 aromatic rings. The summed E-state index contributed by atoms with van der Waals surface area (Å²) < 4.78 is 15.9. The molecule has 0 aliphatic heterocycles. The van der Waals surface area contributed by atoms with Gasteiger partial charge in [-0.2, -0.15) is 0 Å². The van der Waals surface area contributed by atoms with Gasteiger partial charge in [-0.3, -0.25) is 4.79 Å². The zero-order valence-electron chi connectivity index (χ0n) is 17.7. The van der Waals surface area contributed by atoms with Gasteiger partial charge in [0.25, 0.3) is 5.91 Å². The lowest BCUT2D eigenvalue weighted by Gasteiger charge is -2.21. The van der Waals surface area contributed by atoms with Gasteiger partial charge in [0.05, 0.1) is 19.8 Å². The van der Waals surface area contributed by atoms with Gasteiger partial charge in [-0.15, -0.1) is 0 Å². The Morgan fingerprint density at radius 3 is 2.47 bits per heavy atom. The van der Waals surface area contributed by atoms with Crippen LogP contribution < -0.4 is 9.47 Å². The largest absolute Gasteiger partial charge is 0.493 e. The molecule has 7 nitrogen and oxygen atoms in total. The molecule has 7 heteroatoms. The van der Waals surface area contributed by atoms with Crippen LogP contribution in [0.5, 0.6) is 11.5 Å². The van der Waals surface area contributed by atoms with Crippen molar-refractivity contribution in [3.63, 3.8) is 0 Å². The van der Waals surface area contributed by atoms with Crippen LogP contribution in [0.1, 0.15) is 28.5 Å². The fourth-order valence-electron chi connectivity index (χ4n) is 3.41. The van der Waals surface area contributed by atoms with Gasteiger partial charge in [-0.25, -0.2) is 4.79 Å². The molecule has 0 aliphatic carbocycles. The summed E-state index contributed by atoms with van der Waals surface area (Å²) in [4.78, 5) is 30.1. The van der Waals surface area contributed by atoms with Gasteiger partial charge in [0.2, 0.25) is 0 Å². The third kappa shape index (κ3) is 4.40. The molecule has 0 saturated heterocycles. The zero-order chi connectivity index (χ0) is 21.7. The molecule has 1 aromatic heterocycles. The number of hydrogen-bond donors (Lipinski definition) is 1. The first-order valence-electron chi connectivity index (χ1n) is 9.71. The van der Waals surface area contributed by atoms with Crippen molar-refractivity contribution in [3.8, 4) is 11.5 Å². The summed E-state index contributed by atoms with van der Waals surface area (Å²) in [7, 11) is 3.14. The highest BCUT2D eigenvalue weighted by molar-refractivity contribution is 6.06. The summed E-state index contributed by atoms with van der Waals surface area (Å²) in [5, 5.41) is 0.783. The molecule has 1 N–H and O–H groups in total. The number of carbonyl (C=O) groups is 2. The van der Waals surface area contributed by atoms with Crippen LogP contribution in [0.4, 0.5) is 0 Å². The summed E-state index contributed by atoms with van der Waals surface area (Å²) in [5.41, 5.74) is 2.92. The number of aryl methyl sites for hydroxylation is 1. The summed E-state index contributed by atoms with van der Waals surface area (Å²) >= 11 is 0. The van der Waals surface area contributed by atoms with E-state index in [0.717, 1.165) is 16.5 Å². The molecule has 1 amide bonds. The maximum atomic E-state index is 12.7. The topological polar surface area (TPSA) is 80.9 Å². The van der Waals surface area contributed by atoms with Crippen LogP contribution in [-0.4, -0.2) is 49.1 Å². The molecule has 0 fully saturated rings. The van der Waals surface area contributed by atoms with Crippen molar-refractivity contribution < 1.29 is 23.8 Å². The van der Waals surface area contributed by atoms with Crippen LogP contribution in [0.25, 0.3) is 10.9 Å².